The molecule has 0 radical (unpaired) electrons. The zero-order valence-corrected chi connectivity index (χ0v) is 13.7. The Morgan fingerprint density at radius 3 is 2.48 bits per heavy atom. The number of nitrogen functional groups attached to an aromatic ring is 1. The number of nitrogens with zero attached hydrogens (tertiary/aromatic N) is 2. The van der Waals surface area contributed by atoms with Gasteiger partial charge in [0.05, 0.1) is 6.61 Å². The minimum atomic E-state index is -0.0138. The number of hydrogen-bond donors (Lipinski definition) is 1. The topological polar surface area (TPSA) is 58.8 Å². The van der Waals surface area contributed by atoms with Gasteiger partial charge in [-0.1, -0.05) is 0 Å². The fraction of sp³-hybridized carbons (Fsp3) is 0.562. The monoisotopic (exact) mass is 293 g/mol. The van der Waals surface area contributed by atoms with Gasteiger partial charge in [0.25, 0.3) is 5.91 Å². The highest BCUT2D eigenvalue weighted by molar-refractivity contribution is 5.95. The second-order valence-corrected chi connectivity index (χ2v) is 5.43. The molecule has 0 aliphatic heterocycles. The van der Waals surface area contributed by atoms with E-state index >= 15 is 0 Å². The molecule has 2 N–H and O–H groups in total. The Morgan fingerprint density at radius 1 is 1.29 bits per heavy atom. The van der Waals surface area contributed by atoms with Gasteiger partial charge in [-0.15, -0.1) is 0 Å². The molecule has 1 rings (SSSR count). The lowest BCUT2D eigenvalue weighted by atomic mass is 10.1. The molecule has 0 aliphatic rings. The van der Waals surface area contributed by atoms with Crippen LogP contribution in [0.2, 0.25) is 0 Å². The first-order valence-corrected chi connectivity index (χ1v) is 7.38. The van der Waals surface area contributed by atoms with Crippen LogP contribution in [0.25, 0.3) is 0 Å². The highest BCUT2D eigenvalue weighted by atomic mass is 16.5. The third kappa shape index (κ3) is 4.93. The molecular weight excluding hydrogens is 266 g/mol. The van der Waals surface area contributed by atoms with Crippen molar-refractivity contribution < 1.29 is 9.53 Å². The van der Waals surface area contributed by atoms with E-state index in [2.05, 4.69) is 11.8 Å². The van der Waals surface area contributed by atoms with E-state index in [1.807, 2.05) is 32.8 Å². The summed E-state index contributed by atoms with van der Waals surface area (Å²) in [5.41, 5.74) is 6.98. The van der Waals surface area contributed by atoms with Gasteiger partial charge in [-0.05, 0) is 47.0 Å². The maximum Gasteiger partial charge on any atom is 0.254 e. The molecule has 0 heterocycles. The van der Waals surface area contributed by atoms with Crippen molar-refractivity contribution in [2.75, 3.05) is 39.5 Å². The minimum Gasteiger partial charge on any atom is -0.494 e. The van der Waals surface area contributed by atoms with Crippen molar-refractivity contribution in [1.82, 2.24) is 9.80 Å². The summed E-state index contributed by atoms with van der Waals surface area (Å²) in [6.45, 7) is 7.97. The molecule has 1 aromatic carbocycles. The summed E-state index contributed by atoms with van der Waals surface area (Å²) < 4.78 is 5.46. The van der Waals surface area contributed by atoms with E-state index in [0.29, 0.717) is 30.2 Å². The Bertz CT molecular complexity index is 475. The second kappa shape index (κ2) is 7.88. The second-order valence-electron chi connectivity index (χ2n) is 5.43. The van der Waals surface area contributed by atoms with Gasteiger partial charge in [0.15, 0.2) is 0 Å². The molecule has 1 unspecified atom stereocenters. The maximum absolute atomic E-state index is 12.7. The van der Waals surface area contributed by atoms with Crippen LogP contribution < -0.4 is 10.5 Å². The van der Waals surface area contributed by atoms with Crippen LogP contribution in [0.15, 0.2) is 18.2 Å². The Morgan fingerprint density at radius 2 is 1.95 bits per heavy atom. The van der Waals surface area contributed by atoms with Gasteiger partial charge in [0, 0.05) is 36.4 Å². The first-order valence-electron chi connectivity index (χ1n) is 7.38. The number of likely N-dealkylation sites (N-methyl/N-ethyl adjacent to an activating group) is 2. The zero-order valence-electron chi connectivity index (χ0n) is 13.7. The first-order chi connectivity index (χ1) is 9.88. The number of nitrogens with two attached hydrogens (primary N) is 1. The minimum absolute atomic E-state index is 0.0138. The van der Waals surface area contributed by atoms with Crippen LogP contribution in [0.1, 0.15) is 31.1 Å². The third-order valence-electron chi connectivity index (χ3n) is 3.25. The first kappa shape index (κ1) is 17.3. The molecular formula is C16H27N3O2. The van der Waals surface area contributed by atoms with Gasteiger partial charge >= 0.3 is 0 Å². The number of benzene rings is 1. The van der Waals surface area contributed by atoms with E-state index < -0.39 is 0 Å². The quantitative estimate of drug-likeness (QED) is 0.782. The van der Waals surface area contributed by atoms with Gasteiger partial charge in [-0.2, -0.15) is 0 Å². The summed E-state index contributed by atoms with van der Waals surface area (Å²) in [4.78, 5) is 16.6. The molecule has 21 heavy (non-hydrogen) atoms. The summed E-state index contributed by atoms with van der Waals surface area (Å²) in [6.07, 6.45) is 0. The summed E-state index contributed by atoms with van der Waals surface area (Å²) in [5.74, 6) is 0.622. The highest BCUT2D eigenvalue weighted by Gasteiger charge is 2.21. The van der Waals surface area contributed by atoms with Crippen molar-refractivity contribution in [3.05, 3.63) is 23.8 Å². The van der Waals surface area contributed by atoms with E-state index in [0.717, 1.165) is 6.54 Å². The number of carbonyl (C=O) groups is 1. The Kier molecular flexibility index (Phi) is 6.49. The van der Waals surface area contributed by atoms with Gasteiger partial charge in [0.1, 0.15) is 5.75 Å². The van der Waals surface area contributed by atoms with Crippen molar-refractivity contribution in [2.24, 2.45) is 0 Å². The van der Waals surface area contributed by atoms with Crippen molar-refractivity contribution >= 4 is 11.6 Å². The number of hydrogen-bond acceptors (Lipinski definition) is 4. The van der Waals surface area contributed by atoms with Crippen molar-refractivity contribution in [1.29, 1.82) is 0 Å². The largest absolute Gasteiger partial charge is 0.494 e. The molecule has 5 nitrogen and oxygen atoms in total. The summed E-state index contributed by atoms with van der Waals surface area (Å²) >= 11 is 0. The van der Waals surface area contributed by atoms with Crippen LogP contribution in [0.3, 0.4) is 0 Å². The van der Waals surface area contributed by atoms with Crippen molar-refractivity contribution in [2.45, 2.75) is 26.8 Å². The Balaban J connectivity index is 2.99. The highest BCUT2D eigenvalue weighted by Crippen LogP contribution is 2.21. The van der Waals surface area contributed by atoms with Gasteiger partial charge in [0.2, 0.25) is 0 Å². The van der Waals surface area contributed by atoms with E-state index in [1.165, 1.54) is 0 Å². The molecule has 0 saturated heterocycles. The average molecular weight is 293 g/mol. The summed E-state index contributed by atoms with van der Waals surface area (Å²) in [7, 11) is 4.00. The molecule has 118 valence electrons. The summed E-state index contributed by atoms with van der Waals surface area (Å²) in [5, 5.41) is 0. The Labute approximate surface area is 127 Å². The number of rotatable bonds is 7. The predicted molar refractivity (Wildman–Crippen MR) is 86.7 cm³/mol. The van der Waals surface area contributed by atoms with E-state index in [1.54, 1.807) is 18.2 Å². The molecule has 1 atom stereocenters. The lowest BCUT2D eigenvalue weighted by molar-refractivity contribution is 0.0678. The number of amides is 1. The fourth-order valence-corrected chi connectivity index (χ4v) is 2.44. The van der Waals surface area contributed by atoms with Crippen LogP contribution in [0.4, 0.5) is 5.69 Å². The standard InChI is InChI=1S/C16H27N3O2/c1-6-19(12(3)11-18(4)5)16(20)13-8-14(17)10-15(9-13)21-7-2/h8-10,12H,6-7,11,17H2,1-5H3. The van der Waals surface area contributed by atoms with Crippen LogP contribution in [0.5, 0.6) is 5.75 Å². The van der Waals surface area contributed by atoms with E-state index in [9.17, 15) is 4.79 Å². The molecule has 0 aromatic heterocycles. The van der Waals surface area contributed by atoms with Gasteiger partial charge in [-0.3, -0.25) is 4.79 Å². The molecule has 0 aliphatic carbocycles. The van der Waals surface area contributed by atoms with Crippen LogP contribution in [-0.4, -0.2) is 55.5 Å². The summed E-state index contributed by atoms with van der Waals surface area (Å²) in [6, 6.07) is 5.33. The zero-order chi connectivity index (χ0) is 16.0. The number of carbonyl (C=O) groups excluding carboxylic acids is 1. The molecule has 1 amide bonds. The molecule has 5 heteroatoms. The molecule has 0 saturated carbocycles. The number of ether oxygens (including phenoxy) is 1. The smallest absolute Gasteiger partial charge is 0.254 e. The van der Waals surface area contributed by atoms with E-state index in [-0.39, 0.29) is 11.9 Å². The maximum atomic E-state index is 12.7. The molecule has 0 spiro atoms. The number of anilines is 1. The predicted octanol–water partition coefficient (Wildman–Crippen LogP) is 2.08. The molecule has 1 aromatic rings. The fourth-order valence-electron chi connectivity index (χ4n) is 2.44. The normalized spacial score (nSPS) is 12.3. The van der Waals surface area contributed by atoms with Crippen molar-refractivity contribution in [3.8, 4) is 5.75 Å². The molecule has 0 bridgehead atoms. The third-order valence-corrected chi connectivity index (χ3v) is 3.25. The van der Waals surface area contributed by atoms with E-state index in [4.69, 9.17) is 10.5 Å². The average Bonchev–Trinajstić information content (AvgIpc) is 2.38. The van der Waals surface area contributed by atoms with Crippen molar-refractivity contribution in [3.63, 3.8) is 0 Å². The van der Waals surface area contributed by atoms with Crippen LogP contribution >= 0.6 is 0 Å². The van der Waals surface area contributed by atoms with Gasteiger partial charge < -0.3 is 20.3 Å². The lowest BCUT2D eigenvalue weighted by Crippen LogP contribution is -2.43. The SMILES string of the molecule is CCOc1cc(N)cc(C(=O)N(CC)C(C)CN(C)C)c1. The van der Waals surface area contributed by atoms with Gasteiger partial charge in [-0.25, -0.2) is 0 Å². The Hall–Kier alpha value is -1.75. The lowest BCUT2D eigenvalue weighted by Gasteiger charge is -2.30. The molecule has 0 fully saturated rings. The van der Waals surface area contributed by atoms with Crippen LogP contribution in [-0.2, 0) is 0 Å². The van der Waals surface area contributed by atoms with Crippen LogP contribution in [0, 0.1) is 0 Å².